The molecule has 1 aliphatic rings. The van der Waals surface area contributed by atoms with Crippen molar-refractivity contribution in [2.45, 2.75) is 45.1 Å². The molecule has 0 aromatic carbocycles. The second-order valence-electron chi connectivity index (χ2n) is 3.85. The SMILES string of the molecule is C=C(C)CCCC(N)C1CC1. The lowest BCUT2D eigenvalue weighted by Crippen LogP contribution is -2.21. The molecule has 0 aromatic rings. The van der Waals surface area contributed by atoms with Crippen LogP contribution in [-0.4, -0.2) is 6.04 Å². The highest BCUT2D eigenvalue weighted by atomic mass is 14.7. The fourth-order valence-electron chi connectivity index (χ4n) is 1.40. The van der Waals surface area contributed by atoms with E-state index in [1.165, 1.54) is 31.3 Å². The van der Waals surface area contributed by atoms with Crippen molar-refractivity contribution < 1.29 is 0 Å². The molecule has 0 aromatic heterocycles. The first kappa shape index (κ1) is 8.79. The summed E-state index contributed by atoms with van der Waals surface area (Å²) in [6.07, 6.45) is 6.31. The van der Waals surface area contributed by atoms with Crippen LogP contribution in [0.1, 0.15) is 39.0 Å². The first-order valence-electron chi connectivity index (χ1n) is 4.60. The molecular weight excluding hydrogens is 134 g/mol. The Kier molecular flexibility index (Phi) is 3.13. The van der Waals surface area contributed by atoms with Gasteiger partial charge in [0.15, 0.2) is 0 Å². The average Bonchev–Trinajstić information content (AvgIpc) is 2.66. The Labute approximate surface area is 69.7 Å². The van der Waals surface area contributed by atoms with Gasteiger partial charge in [0.05, 0.1) is 0 Å². The summed E-state index contributed by atoms with van der Waals surface area (Å²) >= 11 is 0. The second-order valence-corrected chi connectivity index (χ2v) is 3.85. The van der Waals surface area contributed by atoms with Crippen LogP contribution in [-0.2, 0) is 0 Å². The molecule has 1 aliphatic carbocycles. The maximum Gasteiger partial charge on any atom is 0.00672 e. The highest BCUT2D eigenvalue weighted by Gasteiger charge is 2.27. The molecule has 0 bridgehead atoms. The van der Waals surface area contributed by atoms with Crippen LogP contribution in [0.25, 0.3) is 0 Å². The van der Waals surface area contributed by atoms with Crippen LogP contribution < -0.4 is 5.73 Å². The predicted molar refractivity (Wildman–Crippen MR) is 49.4 cm³/mol. The molecule has 0 heterocycles. The first-order valence-corrected chi connectivity index (χ1v) is 4.60. The Morgan fingerprint density at radius 2 is 2.27 bits per heavy atom. The van der Waals surface area contributed by atoms with E-state index in [9.17, 15) is 0 Å². The van der Waals surface area contributed by atoms with Crippen molar-refractivity contribution in [1.82, 2.24) is 0 Å². The molecule has 0 spiro atoms. The van der Waals surface area contributed by atoms with E-state index in [-0.39, 0.29) is 0 Å². The van der Waals surface area contributed by atoms with Gasteiger partial charge in [0.25, 0.3) is 0 Å². The zero-order valence-electron chi connectivity index (χ0n) is 7.47. The quantitative estimate of drug-likeness (QED) is 0.603. The molecular formula is C10H19N. The lowest BCUT2D eigenvalue weighted by Gasteiger charge is -2.08. The number of hydrogen-bond donors (Lipinski definition) is 1. The Hall–Kier alpha value is -0.300. The summed E-state index contributed by atoms with van der Waals surface area (Å²) in [6.45, 7) is 5.96. The normalized spacial score (nSPS) is 19.8. The van der Waals surface area contributed by atoms with Crippen LogP contribution in [0.4, 0.5) is 0 Å². The van der Waals surface area contributed by atoms with Gasteiger partial charge in [-0.2, -0.15) is 0 Å². The van der Waals surface area contributed by atoms with Gasteiger partial charge in [0.2, 0.25) is 0 Å². The highest BCUT2D eigenvalue weighted by Crippen LogP contribution is 2.33. The fraction of sp³-hybridized carbons (Fsp3) is 0.800. The predicted octanol–water partition coefficient (Wildman–Crippen LogP) is 2.47. The van der Waals surface area contributed by atoms with Crippen LogP contribution >= 0.6 is 0 Å². The maximum absolute atomic E-state index is 5.94. The molecule has 1 saturated carbocycles. The van der Waals surface area contributed by atoms with Gasteiger partial charge in [-0.3, -0.25) is 0 Å². The zero-order chi connectivity index (χ0) is 8.27. The minimum absolute atomic E-state index is 0.481. The zero-order valence-corrected chi connectivity index (χ0v) is 7.47. The average molecular weight is 153 g/mol. The van der Waals surface area contributed by atoms with E-state index in [1.807, 2.05) is 0 Å². The summed E-state index contributed by atoms with van der Waals surface area (Å²) in [4.78, 5) is 0. The van der Waals surface area contributed by atoms with Crippen molar-refractivity contribution in [2.24, 2.45) is 11.7 Å². The third-order valence-corrected chi connectivity index (χ3v) is 2.37. The second kappa shape index (κ2) is 3.91. The van der Waals surface area contributed by atoms with Gasteiger partial charge in [-0.15, -0.1) is 6.58 Å². The summed E-state index contributed by atoms with van der Waals surface area (Å²) in [5.41, 5.74) is 7.22. The van der Waals surface area contributed by atoms with Crippen LogP contribution in [0.5, 0.6) is 0 Å². The van der Waals surface area contributed by atoms with Gasteiger partial charge in [-0.25, -0.2) is 0 Å². The molecule has 1 nitrogen and oxygen atoms in total. The number of allylic oxidation sites excluding steroid dienone is 1. The van der Waals surface area contributed by atoms with Gasteiger partial charge in [-0.05, 0) is 44.9 Å². The molecule has 0 aliphatic heterocycles. The van der Waals surface area contributed by atoms with E-state index in [0.29, 0.717) is 6.04 Å². The lowest BCUT2D eigenvalue weighted by molar-refractivity contribution is 0.528. The fourth-order valence-corrected chi connectivity index (χ4v) is 1.40. The van der Waals surface area contributed by atoms with Gasteiger partial charge >= 0.3 is 0 Å². The molecule has 0 radical (unpaired) electrons. The van der Waals surface area contributed by atoms with Gasteiger partial charge < -0.3 is 5.73 Å². The number of hydrogen-bond acceptors (Lipinski definition) is 1. The molecule has 11 heavy (non-hydrogen) atoms. The standard InChI is InChI=1S/C10H19N/c1-8(2)4-3-5-10(11)9-6-7-9/h9-10H,1,3-7,11H2,2H3. The van der Waals surface area contributed by atoms with E-state index in [4.69, 9.17) is 5.73 Å². The Morgan fingerprint density at radius 1 is 1.64 bits per heavy atom. The summed E-state index contributed by atoms with van der Waals surface area (Å²) < 4.78 is 0. The van der Waals surface area contributed by atoms with Gasteiger partial charge in [0.1, 0.15) is 0 Å². The molecule has 1 atom stereocenters. The van der Waals surface area contributed by atoms with E-state index in [2.05, 4.69) is 13.5 Å². The number of rotatable bonds is 5. The van der Waals surface area contributed by atoms with Crippen LogP contribution in [0.15, 0.2) is 12.2 Å². The summed E-state index contributed by atoms with van der Waals surface area (Å²) in [6, 6.07) is 0.481. The van der Waals surface area contributed by atoms with Crippen LogP contribution in [0, 0.1) is 5.92 Å². The molecule has 1 fully saturated rings. The molecule has 2 N–H and O–H groups in total. The molecule has 1 heteroatoms. The topological polar surface area (TPSA) is 26.0 Å². The van der Waals surface area contributed by atoms with Gasteiger partial charge in [-0.1, -0.05) is 5.57 Å². The van der Waals surface area contributed by atoms with Crippen molar-refractivity contribution in [3.05, 3.63) is 12.2 Å². The van der Waals surface area contributed by atoms with Crippen molar-refractivity contribution in [2.75, 3.05) is 0 Å². The monoisotopic (exact) mass is 153 g/mol. The smallest absolute Gasteiger partial charge is 0.00672 e. The van der Waals surface area contributed by atoms with E-state index >= 15 is 0 Å². The third-order valence-electron chi connectivity index (χ3n) is 2.37. The highest BCUT2D eigenvalue weighted by molar-refractivity contribution is 4.89. The minimum atomic E-state index is 0.481. The maximum atomic E-state index is 5.94. The largest absolute Gasteiger partial charge is 0.327 e. The third kappa shape index (κ3) is 3.57. The lowest BCUT2D eigenvalue weighted by atomic mass is 10.0. The van der Waals surface area contributed by atoms with Gasteiger partial charge in [0, 0.05) is 6.04 Å². The molecule has 1 rings (SSSR count). The van der Waals surface area contributed by atoms with Crippen molar-refractivity contribution in [1.29, 1.82) is 0 Å². The Bertz CT molecular complexity index is 136. The Balaban J connectivity index is 1.97. The Morgan fingerprint density at radius 3 is 2.73 bits per heavy atom. The van der Waals surface area contributed by atoms with Crippen LogP contribution in [0.2, 0.25) is 0 Å². The molecule has 0 saturated heterocycles. The molecule has 64 valence electrons. The summed E-state index contributed by atoms with van der Waals surface area (Å²) in [5.74, 6) is 0.861. The van der Waals surface area contributed by atoms with E-state index in [0.717, 1.165) is 12.3 Å². The van der Waals surface area contributed by atoms with Crippen LogP contribution in [0.3, 0.4) is 0 Å². The summed E-state index contributed by atoms with van der Waals surface area (Å²) in [7, 11) is 0. The first-order chi connectivity index (χ1) is 5.20. The molecule has 1 unspecified atom stereocenters. The van der Waals surface area contributed by atoms with E-state index < -0.39 is 0 Å². The molecule has 0 amide bonds. The van der Waals surface area contributed by atoms with Crippen molar-refractivity contribution in [3.8, 4) is 0 Å². The van der Waals surface area contributed by atoms with E-state index in [1.54, 1.807) is 0 Å². The van der Waals surface area contributed by atoms with Crippen molar-refractivity contribution in [3.63, 3.8) is 0 Å². The minimum Gasteiger partial charge on any atom is -0.327 e. The number of nitrogens with two attached hydrogens (primary N) is 1. The summed E-state index contributed by atoms with van der Waals surface area (Å²) in [5, 5.41) is 0. The van der Waals surface area contributed by atoms with Crippen molar-refractivity contribution >= 4 is 0 Å².